The second kappa shape index (κ2) is 6.57. The van der Waals surface area contributed by atoms with E-state index in [0.717, 1.165) is 5.56 Å². The maximum atomic E-state index is 12.1. The third kappa shape index (κ3) is 3.72. The fraction of sp³-hybridized carbons (Fsp3) is 0.143. The van der Waals surface area contributed by atoms with Crippen molar-refractivity contribution in [2.75, 3.05) is 0 Å². The van der Waals surface area contributed by atoms with Crippen LogP contribution in [0.25, 0.3) is 0 Å². The van der Waals surface area contributed by atoms with Gasteiger partial charge in [0, 0.05) is 16.2 Å². The topological polar surface area (TPSA) is 42.0 Å². The second-order valence-corrected chi connectivity index (χ2v) is 5.89. The van der Waals surface area contributed by atoms with Gasteiger partial charge in [-0.15, -0.1) is 0 Å². The number of halogens is 3. The highest BCUT2D eigenvalue weighted by Gasteiger charge is 2.14. The van der Waals surface area contributed by atoms with Crippen LogP contribution in [0.5, 0.6) is 0 Å². The van der Waals surface area contributed by atoms with Crippen molar-refractivity contribution in [3.63, 3.8) is 0 Å². The molecule has 0 bridgehead atoms. The zero-order valence-corrected chi connectivity index (χ0v) is 13.6. The Morgan fingerprint density at radius 2 is 2.05 bits per heavy atom. The molecule has 104 valence electrons. The molecule has 1 unspecified atom stereocenters. The first-order valence-corrected chi connectivity index (χ1v) is 7.39. The van der Waals surface area contributed by atoms with Gasteiger partial charge in [-0.3, -0.25) is 4.79 Å². The van der Waals surface area contributed by atoms with Gasteiger partial charge in [-0.05, 0) is 52.7 Å². The fourth-order valence-electron chi connectivity index (χ4n) is 1.72. The molecular formula is C14H11BrCl2N2O. The van der Waals surface area contributed by atoms with Gasteiger partial charge < -0.3 is 5.32 Å². The summed E-state index contributed by atoms with van der Waals surface area (Å²) in [5.41, 5.74) is 1.31. The molecule has 0 saturated carbocycles. The number of pyridine rings is 1. The van der Waals surface area contributed by atoms with Crippen molar-refractivity contribution in [2.45, 2.75) is 13.0 Å². The first-order valence-electron chi connectivity index (χ1n) is 5.84. The van der Waals surface area contributed by atoms with Crippen LogP contribution in [-0.2, 0) is 0 Å². The van der Waals surface area contributed by atoms with Crippen molar-refractivity contribution in [3.05, 3.63) is 62.3 Å². The van der Waals surface area contributed by atoms with Crippen LogP contribution >= 0.6 is 39.1 Å². The third-order valence-corrected chi connectivity index (χ3v) is 3.80. The first-order chi connectivity index (χ1) is 9.47. The summed E-state index contributed by atoms with van der Waals surface area (Å²) in [6, 6.07) is 8.39. The lowest BCUT2D eigenvalue weighted by Crippen LogP contribution is -2.26. The summed E-state index contributed by atoms with van der Waals surface area (Å²) >= 11 is 15.2. The average molecular weight is 374 g/mol. The number of aromatic nitrogens is 1. The number of rotatable bonds is 3. The molecule has 6 heteroatoms. The average Bonchev–Trinajstić information content (AvgIpc) is 2.39. The Morgan fingerprint density at radius 1 is 1.30 bits per heavy atom. The maximum absolute atomic E-state index is 12.1. The zero-order valence-electron chi connectivity index (χ0n) is 10.5. The Hall–Kier alpha value is -1.10. The highest BCUT2D eigenvalue weighted by Crippen LogP contribution is 2.26. The van der Waals surface area contributed by atoms with E-state index in [2.05, 4.69) is 26.2 Å². The second-order valence-electron chi connectivity index (χ2n) is 4.23. The number of hydrogen-bond donors (Lipinski definition) is 1. The molecule has 1 atom stereocenters. The molecule has 1 aromatic carbocycles. The highest BCUT2D eigenvalue weighted by atomic mass is 79.9. The number of carbonyl (C=O) groups excluding carboxylic acids is 1. The Bertz CT molecular complexity index is 632. The number of nitrogens with one attached hydrogen (secondary N) is 1. The van der Waals surface area contributed by atoms with E-state index in [1.165, 1.54) is 6.20 Å². The molecule has 3 nitrogen and oxygen atoms in total. The van der Waals surface area contributed by atoms with Crippen molar-refractivity contribution < 1.29 is 4.79 Å². The highest BCUT2D eigenvalue weighted by molar-refractivity contribution is 9.10. The minimum absolute atomic E-state index is 0.205. The summed E-state index contributed by atoms with van der Waals surface area (Å²) in [7, 11) is 0. The van der Waals surface area contributed by atoms with Gasteiger partial charge >= 0.3 is 0 Å². The molecular weight excluding hydrogens is 363 g/mol. The van der Waals surface area contributed by atoms with Crippen LogP contribution in [-0.4, -0.2) is 10.9 Å². The summed E-state index contributed by atoms with van der Waals surface area (Å²) in [5, 5.41) is 3.96. The molecule has 0 radical (unpaired) electrons. The fourth-order valence-corrected chi connectivity index (χ4v) is 2.53. The molecule has 2 aromatic rings. The lowest BCUT2D eigenvalue weighted by atomic mass is 10.1. The summed E-state index contributed by atoms with van der Waals surface area (Å²) < 4.78 is 0.683. The number of hydrogen-bond acceptors (Lipinski definition) is 2. The van der Waals surface area contributed by atoms with Crippen LogP contribution < -0.4 is 5.32 Å². The molecule has 0 spiro atoms. The van der Waals surface area contributed by atoms with Gasteiger partial charge in [0.15, 0.2) is 0 Å². The number of amides is 1. The minimum atomic E-state index is -0.226. The number of benzene rings is 1. The standard InChI is InChI=1S/C14H11BrCl2N2O/c1-8(11-4-3-10(16)6-12(11)17)19-14(20)9-2-5-13(15)18-7-9/h2-8H,1H3,(H,19,20). The Balaban J connectivity index is 2.12. The molecule has 2 rings (SSSR count). The van der Waals surface area contributed by atoms with E-state index < -0.39 is 0 Å². The van der Waals surface area contributed by atoms with Crippen LogP contribution in [0.2, 0.25) is 10.0 Å². The van der Waals surface area contributed by atoms with E-state index >= 15 is 0 Å². The van der Waals surface area contributed by atoms with E-state index in [-0.39, 0.29) is 11.9 Å². The van der Waals surface area contributed by atoms with E-state index in [4.69, 9.17) is 23.2 Å². The molecule has 1 aromatic heterocycles. The van der Waals surface area contributed by atoms with E-state index in [0.29, 0.717) is 20.2 Å². The molecule has 1 heterocycles. The summed E-state index contributed by atoms with van der Waals surface area (Å²) in [4.78, 5) is 16.1. The summed E-state index contributed by atoms with van der Waals surface area (Å²) in [6.45, 7) is 1.86. The van der Waals surface area contributed by atoms with Gasteiger partial charge in [-0.1, -0.05) is 29.3 Å². The largest absolute Gasteiger partial charge is 0.345 e. The van der Waals surface area contributed by atoms with Crippen LogP contribution in [0.3, 0.4) is 0 Å². The quantitative estimate of drug-likeness (QED) is 0.796. The monoisotopic (exact) mass is 372 g/mol. The van der Waals surface area contributed by atoms with E-state index in [1.54, 1.807) is 30.3 Å². The third-order valence-electron chi connectivity index (χ3n) is 2.77. The Labute approximate surface area is 135 Å². The SMILES string of the molecule is CC(NC(=O)c1ccc(Br)nc1)c1ccc(Cl)cc1Cl. The van der Waals surface area contributed by atoms with Gasteiger partial charge in [0.05, 0.1) is 11.6 Å². The summed E-state index contributed by atoms with van der Waals surface area (Å²) in [5.74, 6) is -0.205. The lowest BCUT2D eigenvalue weighted by Gasteiger charge is -2.16. The van der Waals surface area contributed by atoms with Crippen molar-refractivity contribution >= 4 is 45.0 Å². The Morgan fingerprint density at radius 3 is 2.65 bits per heavy atom. The Kier molecular flexibility index (Phi) is 5.02. The predicted octanol–water partition coefficient (Wildman–Crippen LogP) is 4.64. The van der Waals surface area contributed by atoms with Gasteiger partial charge in [0.2, 0.25) is 0 Å². The van der Waals surface area contributed by atoms with E-state index in [9.17, 15) is 4.79 Å². The number of carbonyl (C=O) groups is 1. The minimum Gasteiger partial charge on any atom is -0.345 e. The normalized spacial score (nSPS) is 12.0. The van der Waals surface area contributed by atoms with Gasteiger partial charge in [-0.2, -0.15) is 0 Å². The molecule has 1 amide bonds. The van der Waals surface area contributed by atoms with Crippen LogP contribution in [0, 0.1) is 0 Å². The van der Waals surface area contributed by atoms with Crippen molar-refractivity contribution in [2.24, 2.45) is 0 Å². The van der Waals surface area contributed by atoms with Crippen molar-refractivity contribution in [1.29, 1.82) is 0 Å². The van der Waals surface area contributed by atoms with Gasteiger partial charge in [0.1, 0.15) is 4.60 Å². The maximum Gasteiger partial charge on any atom is 0.253 e. The lowest BCUT2D eigenvalue weighted by molar-refractivity contribution is 0.0939. The molecule has 0 fully saturated rings. The van der Waals surface area contributed by atoms with E-state index in [1.807, 2.05) is 6.92 Å². The number of nitrogens with zero attached hydrogens (tertiary/aromatic N) is 1. The molecule has 0 aliphatic heterocycles. The smallest absolute Gasteiger partial charge is 0.253 e. The van der Waals surface area contributed by atoms with Gasteiger partial charge in [0.25, 0.3) is 5.91 Å². The molecule has 20 heavy (non-hydrogen) atoms. The van der Waals surface area contributed by atoms with Crippen molar-refractivity contribution in [1.82, 2.24) is 10.3 Å². The molecule has 0 saturated heterocycles. The molecule has 1 N–H and O–H groups in total. The van der Waals surface area contributed by atoms with Crippen molar-refractivity contribution in [3.8, 4) is 0 Å². The van der Waals surface area contributed by atoms with Gasteiger partial charge in [-0.25, -0.2) is 4.98 Å². The molecule has 0 aliphatic rings. The molecule has 0 aliphatic carbocycles. The first kappa shape index (κ1) is 15.3. The van der Waals surface area contributed by atoms with Crippen LogP contribution in [0.4, 0.5) is 0 Å². The summed E-state index contributed by atoms with van der Waals surface area (Å²) in [6.07, 6.45) is 1.51. The van der Waals surface area contributed by atoms with Crippen LogP contribution in [0.1, 0.15) is 28.9 Å². The van der Waals surface area contributed by atoms with Crippen LogP contribution in [0.15, 0.2) is 41.1 Å². The zero-order chi connectivity index (χ0) is 14.7. The predicted molar refractivity (Wildman–Crippen MR) is 84.3 cm³/mol.